The number of imidazole rings is 1. The maximum absolute atomic E-state index is 14.5. The van der Waals surface area contributed by atoms with Gasteiger partial charge in [0, 0.05) is 36.9 Å². The van der Waals surface area contributed by atoms with Crippen LogP contribution in [-0.4, -0.2) is 51.1 Å². The average Bonchev–Trinajstić information content (AvgIpc) is 3.37. The first-order chi connectivity index (χ1) is 18.5. The van der Waals surface area contributed by atoms with Gasteiger partial charge in [0.05, 0.1) is 24.4 Å². The highest BCUT2D eigenvalue weighted by atomic mass is 19.1. The van der Waals surface area contributed by atoms with Crippen LogP contribution in [0, 0.1) is 24.6 Å². The Balaban J connectivity index is 1.73. The summed E-state index contributed by atoms with van der Waals surface area (Å²) in [6.45, 7) is 12.7. The number of benzene rings is 1. The minimum absolute atomic E-state index is 0.0415. The molecule has 3 atom stereocenters. The van der Waals surface area contributed by atoms with Crippen LogP contribution < -0.4 is 5.32 Å². The average molecular weight is 541 g/mol. The molecule has 2 amide bonds. The van der Waals surface area contributed by atoms with Gasteiger partial charge in [0.1, 0.15) is 11.6 Å². The fourth-order valence-corrected chi connectivity index (χ4v) is 5.29. The van der Waals surface area contributed by atoms with E-state index in [0.29, 0.717) is 48.3 Å². The maximum Gasteiger partial charge on any atom is 0.225 e. The summed E-state index contributed by atoms with van der Waals surface area (Å²) in [7, 11) is 0. The lowest BCUT2D eigenvalue weighted by molar-refractivity contribution is -0.139. The van der Waals surface area contributed by atoms with E-state index in [2.05, 4.69) is 29.1 Å². The topological polar surface area (TPSA) is 95.2 Å². The maximum atomic E-state index is 14.5. The molecule has 3 rings (SSSR count). The molecule has 1 unspecified atom stereocenters. The Morgan fingerprint density at radius 2 is 1.87 bits per heavy atom. The minimum Gasteiger partial charge on any atom is -0.346 e. The van der Waals surface area contributed by atoms with E-state index in [1.165, 1.54) is 6.07 Å². The Morgan fingerprint density at radius 3 is 2.54 bits per heavy atom. The second kappa shape index (κ2) is 13.9. The quantitative estimate of drug-likeness (QED) is 0.349. The van der Waals surface area contributed by atoms with Gasteiger partial charge in [-0.15, -0.1) is 0 Å². The van der Waals surface area contributed by atoms with Crippen molar-refractivity contribution in [1.82, 2.24) is 20.2 Å². The highest BCUT2D eigenvalue weighted by molar-refractivity contribution is 5.93. The van der Waals surface area contributed by atoms with Crippen molar-refractivity contribution >= 4 is 17.6 Å². The number of piperidine rings is 1. The first-order valence-corrected chi connectivity index (χ1v) is 14.4. The third kappa shape index (κ3) is 8.48. The molecule has 2 heterocycles. The number of nitrogens with zero attached hydrogens (tertiary/aromatic N) is 2. The number of likely N-dealkylation sites (tertiary alicyclic amines) is 1. The van der Waals surface area contributed by atoms with E-state index in [9.17, 15) is 18.8 Å². The summed E-state index contributed by atoms with van der Waals surface area (Å²) in [5.74, 6) is 0.110. The Kier molecular flexibility index (Phi) is 10.8. The summed E-state index contributed by atoms with van der Waals surface area (Å²) in [4.78, 5) is 49.1. The van der Waals surface area contributed by atoms with Crippen LogP contribution in [0.2, 0.25) is 0 Å². The smallest absolute Gasteiger partial charge is 0.225 e. The van der Waals surface area contributed by atoms with Crippen molar-refractivity contribution in [2.45, 2.75) is 104 Å². The lowest BCUT2D eigenvalue weighted by Crippen LogP contribution is -2.50. The van der Waals surface area contributed by atoms with Crippen molar-refractivity contribution in [1.29, 1.82) is 0 Å². The van der Waals surface area contributed by atoms with E-state index >= 15 is 0 Å². The number of carbonyl (C=O) groups excluding carboxylic acids is 3. The molecule has 2 N–H and O–H groups in total. The molecule has 8 heteroatoms. The first-order valence-electron chi connectivity index (χ1n) is 14.4. The Labute approximate surface area is 232 Å². The van der Waals surface area contributed by atoms with E-state index in [0.717, 1.165) is 24.8 Å². The fraction of sp³-hybridized carbons (Fsp3) is 0.613. The van der Waals surface area contributed by atoms with Crippen molar-refractivity contribution in [3.05, 3.63) is 41.6 Å². The van der Waals surface area contributed by atoms with Crippen LogP contribution in [0.5, 0.6) is 0 Å². The molecule has 0 aliphatic carbocycles. The van der Waals surface area contributed by atoms with Gasteiger partial charge in [0.15, 0.2) is 5.78 Å². The highest BCUT2D eigenvalue weighted by Crippen LogP contribution is 2.27. The second-order valence-electron chi connectivity index (χ2n) is 11.9. The number of carbonyl (C=O) groups is 3. The van der Waals surface area contributed by atoms with Crippen molar-refractivity contribution < 1.29 is 18.8 Å². The number of rotatable bonds is 12. The molecule has 1 fully saturated rings. The SMILES string of the molecule is Cc1ccc(-c2cnc([C@H](C)CC(=O)[C@H](CC(=O)N3CCCCC3C(C)C)NC(=O)CCC(C)C)[nH]2)c(F)c1. The van der Waals surface area contributed by atoms with Gasteiger partial charge in [-0.2, -0.15) is 0 Å². The molecular weight excluding hydrogens is 495 g/mol. The van der Waals surface area contributed by atoms with Gasteiger partial charge >= 0.3 is 0 Å². The fourth-order valence-electron chi connectivity index (χ4n) is 5.29. The van der Waals surface area contributed by atoms with Gasteiger partial charge in [-0.05, 0) is 62.1 Å². The Bertz CT molecular complexity index is 1140. The predicted octanol–water partition coefficient (Wildman–Crippen LogP) is 5.94. The normalized spacial score (nSPS) is 17.4. The lowest BCUT2D eigenvalue weighted by Gasteiger charge is -2.39. The number of halogens is 1. The molecule has 39 heavy (non-hydrogen) atoms. The molecular formula is C31H45FN4O3. The van der Waals surface area contributed by atoms with Crippen molar-refractivity contribution in [3.8, 4) is 11.3 Å². The molecule has 1 aromatic heterocycles. The van der Waals surface area contributed by atoms with Gasteiger partial charge in [0.2, 0.25) is 11.8 Å². The number of hydrogen-bond donors (Lipinski definition) is 2. The van der Waals surface area contributed by atoms with E-state index < -0.39 is 6.04 Å². The summed E-state index contributed by atoms with van der Waals surface area (Å²) in [6, 6.07) is 4.27. The zero-order valence-corrected chi connectivity index (χ0v) is 24.4. The molecule has 0 spiro atoms. The summed E-state index contributed by atoms with van der Waals surface area (Å²) >= 11 is 0. The number of aromatic amines is 1. The standard InChI is InChI=1S/C31H45FN4O3/c1-19(2)10-13-29(38)34-25(17-30(39)36-14-8-7-9-27(36)20(3)4)28(37)16-22(6)31-33-18-26(35-31)23-12-11-21(5)15-24(23)32/h11-12,15,18-20,22,25,27H,7-10,13-14,16-17H2,1-6H3,(H,33,35)(H,34,38)/t22-,25+,27?/m1/s1. The number of aromatic nitrogens is 2. The van der Waals surface area contributed by atoms with E-state index in [1.54, 1.807) is 12.3 Å². The third-order valence-electron chi connectivity index (χ3n) is 7.67. The monoisotopic (exact) mass is 540 g/mol. The van der Waals surface area contributed by atoms with Crippen molar-refractivity contribution in [3.63, 3.8) is 0 Å². The third-order valence-corrected chi connectivity index (χ3v) is 7.67. The summed E-state index contributed by atoms with van der Waals surface area (Å²) in [5.41, 5.74) is 1.79. The van der Waals surface area contributed by atoms with E-state index in [4.69, 9.17) is 0 Å². The number of Topliss-reactive ketones (excluding diaryl/α,β-unsaturated/α-hetero) is 1. The molecule has 1 saturated heterocycles. The molecule has 1 aliphatic heterocycles. The number of hydrogen-bond acceptors (Lipinski definition) is 4. The Hall–Kier alpha value is -3.03. The first kappa shape index (κ1) is 30.5. The molecule has 0 saturated carbocycles. The van der Waals surface area contributed by atoms with Gasteiger partial charge in [-0.25, -0.2) is 9.37 Å². The molecule has 1 aromatic carbocycles. The van der Waals surface area contributed by atoms with Crippen LogP contribution in [0.15, 0.2) is 24.4 Å². The number of aryl methyl sites for hydroxylation is 1. The summed E-state index contributed by atoms with van der Waals surface area (Å²) in [5, 5.41) is 2.87. The van der Waals surface area contributed by atoms with Gasteiger partial charge in [-0.3, -0.25) is 14.4 Å². The Morgan fingerprint density at radius 1 is 1.13 bits per heavy atom. The number of H-pyrrole nitrogens is 1. The summed E-state index contributed by atoms with van der Waals surface area (Å²) < 4.78 is 14.5. The molecule has 0 radical (unpaired) electrons. The number of nitrogens with one attached hydrogen (secondary N) is 2. The minimum atomic E-state index is -0.890. The van der Waals surface area contributed by atoms with Crippen LogP contribution in [0.25, 0.3) is 11.3 Å². The van der Waals surface area contributed by atoms with Gasteiger partial charge in [0.25, 0.3) is 0 Å². The van der Waals surface area contributed by atoms with Crippen LogP contribution in [-0.2, 0) is 14.4 Å². The van der Waals surface area contributed by atoms with E-state index in [1.807, 2.05) is 38.7 Å². The lowest BCUT2D eigenvalue weighted by atomic mass is 9.91. The van der Waals surface area contributed by atoms with Gasteiger partial charge in [-0.1, -0.05) is 40.7 Å². The van der Waals surface area contributed by atoms with Crippen LogP contribution >= 0.6 is 0 Å². The zero-order valence-electron chi connectivity index (χ0n) is 24.4. The highest BCUT2D eigenvalue weighted by Gasteiger charge is 2.33. The zero-order chi connectivity index (χ0) is 28.7. The van der Waals surface area contributed by atoms with Crippen LogP contribution in [0.3, 0.4) is 0 Å². The van der Waals surface area contributed by atoms with Crippen LogP contribution in [0.4, 0.5) is 4.39 Å². The molecule has 2 aromatic rings. The molecule has 0 bridgehead atoms. The number of ketones is 1. The van der Waals surface area contributed by atoms with E-state index in [-0.39, 0.29) is 48.2 Å². The predicted molar refractivity (Wildman–Crippen MR) is 152 cm³/mol. The van der Waals surface area contributed by atoms with Crippen LogP contribution in [0.1, 0.15) is 96.9 Å². The largest absolute Gasteiger partial charge is 0.346 e. The van der Waals surface area contributed by atoms with Crippen molar-refractivity contribution in [2.75, 3.05) is 6.54 Å². The van der Waals surface area contributed by atoms with Crippen molar-refractivity contribution in [2.24, 2.45) is 11.8 Å². The number of amides is 2. The second-order valence-corrected chi connectivity index (χ2v) is 11.9. The van der Waals surface area contributed by atoms with Gasteiger partial charge < -0.3 is 15.2 Å². The molecule has 7 nitrogen and oxygen atoms in total. The molecule has 1 aliphatic rings. The molecule has 214 valence electrons. The summed E-state index contributed by atoms with van der Waals surface area (Å²) in [6.07, 6.45) is 5.66.